The summed E-state index contributed by atoms with van der Waals surface area (Å²) in [7, 11) is 0. The minimum Gasteiger partial charge on any atom is -0.388 e. The minimum atomic E-state index is -0.881. The fourth-order valence-corrected chi connectivity index (χ4v) is 3.39. The number of halogens is 1. The number of nitrogens with one attached hydrogen (secondary N) is 2. The van der Waals surface area contributed by atoms with Gasteiger partial charge in [0.05, 0.1) is 23.4 Å². The summed E-state index contributed by atoms with van der Waals surface area (Å²) in [5.74, 6) is 0.201. The predicted octanol–water partition coefficient (Wildman–Crippen LogP) is 0.653. The first-order chi connectivity index (χ1) is 12.1. The Morgan fingerprint density at radius 3 is 2.68 bits per heavy atom. The molecule has 0 amide bonds. The highest BCUT2D eigenvalue weighted by Gasteiger charge is 2.32. The fourth-order valence-electron chi connectivity index (χ4n) is 3.39. The van der Waals surface area contributed by atoms with Crippen LogP contribution in [0.15, 0.2) is 35.4 Å². The van der Waals surface area contributed by atoms with Crippen molar-refractivity contribution >= 4 is 11.5 Å². The Morgan fingerprint density at radius 1 is 1.24 bits per heavy atom. The smallest absolute Gasteiger partial charge is 0.260 e. The van der Waals surface area contributed by atoms with Gasteiger partial charge in [-0.3, -0.25) is 14.4 Å². The van der Waals surface area contributed by atoms with Gasteiger partial charge in [-0.05, 0) is 50.2 Å². The van der Waals surface area contributed by atoms with Crippen LogP contribution >= 0.6 is 0 Å². The van der Waals surface area contributed by atoms with Crippen molar-refractivity contribution in [2.45, 2.75) is 31.5 Å². The molecule has 2 aromatic rings. The van der Waals surface area contributed by atoms with E-state index in [9.17, 15) is 14.3 Å². The Bertz CT molecular complexity index is 830. The second kappa shape index (κ2) is 6.21. The minimum absolute atomic E-state index is 0.158. The zero-order valence-corrected chi connectivity index (χ0v) is 13.7. The van der Waals surface area contributed by atoms with Gasteiger partial charge in [-0.1, -0.05) is 0 Å². The zero-order valence-electron chi connectivity index (χ0n) is 13.7. The molecule has 2 aliphatic rings. The molecule has 3 N–H and O–H groups in total. The lowest BCUT2D eigenvalue weighted by Crippen LogP contribution is -2.46. The van der Waals surface area contributed by atoms with Crippen molar-refractivity contribution in [1.29, 1.82) is 0 Å². The van der Waals surface area contributed by atoms with Crippen molar-refractivity contribution in [3.8, 4) is 0 Å². The number of hydrogen-bond acceptors (Lipinski definition) is 6. The lowest BCUT2D eigenvalue weighted by Gasteiger charge is -2.32. The molecule has 2 aliphatic heterocycles. The molecule has 0 spiro atoms. The van der Waals surface area contributed by atoms with Crippen LogP contribution in [0.3, 0.4) is 0 Å². The number of hydrazine groups is 1. The molecule has 0 atom stereocenters. The monoisotopic (exact) mass is 345 g/mol. The Labute approximate surface area is 144 Å². The SMILES string of the molecule is O=c1c2c(ncn1CC1(O)CCNCC1)N(c1ccc(F)cc1)NC2. The highest BCUT2D eigenvalue weighted by molar-refractivity contribution is 5.63. The number of benzene rings is 1. The molecule has 8 heteroatoms. The van der Waals surface area contributed by atoms with Gasteiger partial charge in [0.1, 0.15) is 12.1 Å². The van der Waals surface area contributed by atoms with E-state index in [2.05, 4.69) is 15.7 Å². The summed E-state index contributed by atoms with van der Waals surface area (Å²) in [6, 6.07) is 5.98. The van der Waals surface area contributed by atoms with Gasteiger partial charge in [0.25, 0.3) is 5.56 Å². The van der Waals surface area contributed by atoms with E-state index in [1.54, 1.807) is 17.1 Å². The first-order valence-electron chi connectivity index (χ1n) is 8.36. The third-order valence-electron chi connectivity index (χ3n) is 4.82. The maximum Gasteiger partial charge on any atom is 0.260 e. The Kier molecular flexibility index (Phi) is 4.03. The van der Waals surface area contributed by atoms with Gasteiger partial charge in [0.2, 0.25) is 0 Å². The van der Waals surface area contributed by atoms with E-state index in [-0.39, 0.29) is 17.9 Å². The highest BCUT2D eigenvalue weighted by atomic mass is 19.1. The summed E-state index contributed by atoms with van der Waals surface area (Å²) in [6.45, 7) is 2.07. The van der Waals surface area contributed by atoms with Crippen molar-refractivity contribution < 1.29 is 9.50 Å². The van der Waals surface area contributed by atoms with E-state index in [0.717, 1.165) is 13.1 Å². The second-order valence-corrected chi connectivity index (χ2v) is 6.60. The number of rotatable bonds is 3. The number of fused-ring (bicyclic) bond motifs is 1. The zero-order chi connectivity index (χ0) is 17.4. The second-order valence-electron chi connectivity index (χ2n) is 6.60. The summed E-state index contributed by atoms with van der Waals surface area (Å²) < 4.78 is 14.6. The summed E-state index contributed by atoms with van der Waals surface area (Å²) in [6.07, 6.45) is 2.69. The summed E-state index contributed by atoms with van der Waals surface area (Å²) in [5, 5.41) is 15.5. The van der Waals surface area contributed by atoms with Crippen molar-refractivity contribution in [2.24, 2.45) is 0 Å². The standard InChI is InChI=1S/C17H20FN5O2/c18-12-1-3-13(4-2-12)23-15-14(9-21-23)16(24)22(11-20-15)10-17(25)5-7-19-8-6-17/h1-4,11,19,21,25H,5-10H2. The summed E-state index contributed by atoms with van der Waals surface area (Å²) >= 11 is 0. The van der Waals surface area contributed by atoms with Gasteiger partial charge in [-0.2, -0.15) is 0 Å². The molecule has 0 bridgehead atoms. The summed E-state index contributed by atoms with van der Waals surface area (Å²) in [4.78, 5) is 17.2. The lowest BCUT2D eigenvalue weighted by molar-refractivity contribution is -0.00644. The van der Waals surface area contributed by atoms with Gasteiger partial charge in [-0.15, -0.1) is 0 Å². The van der Waals surface area contributed by atoms with Crippen LogP contribution in [0, 0.1) is 5.82 Å². The molecule has 1 aromatic carbocycles. The number of hydrogen-bond donors (Lipinski definition) is 3. The van der Waals surface area contributed by atoms with Crippen LogP contribution in [-0.4, -0.2) is 33.3 Å². The third-order valence-corrected chi connectivity index (χ3v) is 4.82. The molecule has 1 aromatic heterocycles. The van der Waals surface area contributed by atoms with Gasteiger partial charge in [-0.25, -0.2) is 14.8 Å². The molecular weight excluding hydrogens is 325 g/mol. The van der Waals surface area contributed by atoms with E-state index >= 15 is 0 Å². The molecule has 132 valence electrons. The average Bonchev–Trinajstić information content (AvgIpc) is 3.03. The maximum atomic E-state index is 13.1. The number of anilines is 2. The van der Waals surface area contributed by atoms with E-state index < -0.39 is 5.60 Å². The third kappa shape index (κ3) is 3.04. The first kappa shape index (κ1) is 16.2. The Balaban J connectivity index is 1.63. The quantitative estimate of drug-likeness (QED) is 0.758. The van der Waals surface area contributed by atoms with Gasteiger partial charge < -0.3 is 10.4 Å². The molecule has 0 aliphatic carbocycles. The molecule has 1 saturated heterocycles. The fraction of sp³-hybridized carbons (Fsp3) is 0.412. The maximum absolute atomic E-state index is 13.1. The van der Waals surface area contributed by atoms with Crippen LogP contribution in [0.25, 0.3) is 0 Å². The van der Waals surface area contributed by atoms with Crippen molar-refractivity contribution in [1.82, 2.24) is 20.3 Å². The van der Waals surface area contributed by atoms with E-state index in [1.807, 2.05) is 0 Å². The van der Waals surface area contributed by atoms with Crippen LogP contribution in [0.2, 0.25) is 0 Å². The molecule has 0 radical (unpaired) electrons. The molecule has 1 fully saturated rings. The number of piperidine rings is 1. The average molecular weight is 345 g/mol. The van der Waals surface area contributed by atoms with Crippen molar-refractivity contribution in [3.63, 3.8) is 0 Å². The number of nitrogens with zero attached hydrogens (tertiary/aromatic N) is 3. The van der Waals surface area contributed by atoms with Crippen LogP contribution in [0.5, 0.6) is 0 Å². The largest absolute Gasteiger partial charge is 0.388 e. The van der Waals surface area contributed by atoms with Crippen LogP contribution < -0.4 is 21.3 Å². The normalized spacial score (nSPS) is 19.0. The molecule has 7 nitrogen and oxygen atoms in total. The molecular formula is C17H20FN5O2. The number of aromatic nitrogens is 2. The van der Waals surface area contributed by atoms with E-state index in [1.165, 1.54) is 23.0 Å². The van der Waals surface area contributed by atoms with Gasteiger partial charge in [0.15, 0.2) is 5.82 Å². The first-order valence-corrected chi connectivity index (χ1v) is 8.36. The molecule has 0 saturated carbocycles. The topological polar surface area (TPSA) is 82.4 Å². The predicted molar refractivity (Wildman–Crippen MR) is 90.9 cm³/mol. The van der Waals surface area contributed by atoms with Crippen molar-refractivity contribution in [2.75, 3.05) is 18.1 Å². The lowest BCUT2D eigenvalue weighted by atomic mass is 9.92. The van der Waals surface area contributed by atoms with Crippen LogP contribution in [0.4, 0.5) is 15.9 Å². The Hall–Kier alpha value is -2.29. The molecule has 25 heavy (non-hydrogen) atoms. The summed E-state index contributed by atoms with van der Waals surface area (Å²) in [5.41, 5.74) is 3.32. The highest BCUT2D eigenvalue weighted by Crippen LogP contribution is 2.28. The van der Waals surface area contributed by atoms with Crippen molar-refractivity contribution in [3.05, 3.63) is 52.3 Å². The van der Waals surface area contributed by atoms with Crippen LogP contribution in [0.1, 0.15) is 18.4 Å². The van der Waals surface area contributed by atoms with Crippen LogP contribution in [-0.2, 0) is 13.1 Å². The Morgan fingerprint density at radius 2 is 1.96 bits per heavy atom. The molecule has 0 unspecified atom stereocenters. The molecule has 4 rings (SSSR count). The number of aliphatic hydroxyl groups is 1. The van der Waals surface area contributed by atoms with Gasteiger partial charge >= 0.3 is 0 Å². The van der Waals surface area contributed by atoms with E-state index in [0.29, 0.717) is 36.5 Å². The molecule has 3 heterocycles. The van der Waals surface area contributed by atoms with Gasteiger partial charge in [0, 0.05) is 6.54 Å². The van der Waals surface area contributed by atoms with E-state index in [4.69, 9.17) is 0 Å².